The van der Waals surface area contributed by atoms with Gasteiger partial charge in [0.25, 0.3) is 5.69 Å². The summed E-state index contributed by atoms with van der Waals surface area (Å²) in [6, 6.07) is 4.58. The Kier molecular flexibility index (Phi) is 4.79. The van der Waals surface area contributed by atoms with Gasteiger partial charge < -0.3 is 10.1 Å². The summed E-state index contributed by atoms with van der Waals surface area (Å²) in [5.74, 6) is 1.03. The van der Waals surface area contributed by atoms with E-state index < -0.39 is 14.8 Å². The van der Waals surface area contributed by atoms with Crippen LogP contribution in [0.25, 0.3) is 0 Å². The highest BCUT2D eigenvalue weighted by Crippen LogP contribution is 2.23. The molecule has 1 atom stereocenters. The molecule has 0 saturated carbocycles. The number of non-ortho nitro benzene ring substituents is 1. The molecule has 8 heteroatoms. The van der Waals surface area contributed by atoms with E-state index in [0.717, 1.165) is 5.56 Å². The summed E-state index contributed by atoms with van der Waals surface area (Å²) in [4.78, 5) is 10.4. The molecular weight excluding hydrogens is 296 g/mol. The lowest BCUT2D eigenvalue weighted by Gasteiger charge is -2.10. The molecule has 1 saturated heterocycles. The number of hydrogen-bond donors (Lipinski definition) is 1. The van der Waals surface area contributed by atoms with E-state index in [1.54, 1.807) is 6.07 Å². The van der Waals surface area contributed by atoms with Gasteiger partial charge in [-0.2, -0.15) is 0 Å². The fourth-order valence-corrected chi connectivity index (χ4v) is 4.28. The van der Waals surface area contributed by atoms with Crippen molar-refractivity contribution in [2.45, 2.75) is 13.0 Å². The molecule has 1 heterocycles. The predicted molar refractivity (Wildman–Crippen MR) is 78.1 cm³/mol. The molecule has 0 amide bonds. The molecule has 116 valence electrons. The zero-order valence-electron chi connectivity index (χ0n) is 11.7. The molecule has 1 fully saturated rings. The monoisotopic (exact) mass is 314 g/mol. The second-order valence-corrected chi connectivity index (χ2v) is 7.43. The summed E-state index contributed by atoms with van der Waals surface area (Å²) in [5.41, 5.74) is 0.719. The molecule has 0 spiro atoms. The Balaban J connectivity index is 1.94. The number of methoxy groups -OCH3 is 1. The molecule has 1 N–H and O–H groups in total. The van der Waals surface area contributed by atoms with E-state index in [0.29, 0.717) is 25.3 Å². The van der Waals surface area contributed by atoms with Gasteiger partial charge >= 0.3 is 0 Å². The first-order valence-electron chi connectivity index (χ1n) is 6.63. The smallest absolute Gasteiger partial charge is 0.273 e. The van der Waals surface area contributed by atoms with Crippen LogP contribution in [0.4, 0.5) is 5.69 Å². The molecule has 0 bridgehead atoms. The Morgan fingerprint density at radius 2 is 2.19 bits per heavy atom. The first-order chi connectivity index (χ1) is 9.89. The fourth-order valence-electron chi connectivity index (χ4n) is 2.42. The highest BCUT2D eigenvalue weighted by Gasteiger charge is 2.27. The van der Waals surface area contributed by atoms with Crippen molar-refractivity contribution in [2.24, 2.45) is 5.92 Å². The quantitative estimate of drug-likeness (QED) is 0.624. The first kappa shape index (κ1) is 15.7. The van der Waals surface area contributed by atoms with Crippen molar-refractivity contribution in [3.63, 3.8) is 0 Å². The lowest BCUT2D eigenvalue weighted by Crippen LogP contribution is -2.23. The number of nitro groups is 1. The minimum atomic E-state index is -2.87. The number of nitrogens with one attached hydrogen (secondary N) is 1. The molecule has 1 aromatic rings. The van der Waals surface area contributed by atoms with Crippen LogP contribution in [-0.4, -0.2) is 38.5 Å². The van der Waals surface area contributed by atoms with Crippen LogP contribution in [0.3, 0.4) is 0 Å². The van der Waals surface area contributed by atoms with Gasteiger partial charge in [0.1, 0.15) is 5.75 Å². The second kappa shape index (κ2) is 6.40. The molecule has 1 unspecified atom stereocenters. The van der Waals surface area contributed by atoms with Gasteiger partial charge in [0.15, 0.2) is 9.84 Å². The molecule has 1 aromatic carbocycles. The van der Waals surface area contributed by atoms with Crippen LogP contribution in [0.15, 0.2) is 18.2 Å². The molecule has 0 aliphatic carbocycles. The maximum atomic E-state index is 11.4. The van der Waals surface area contributed by atoms with Crippen LogP contribution in [0.2, 0.25) is 0 Å². The molecular formula is C13H18N2O5S. The molecule has 0 radical (unpaired) electrons. The average Bonchev–Trinajstić information content (AvgIpc) is 2.77. The third kappa shape index (κ3) is 4.40. The van der Waals surface area contributed by atoms with Crippen molar-refractivity contribution in [1.82, 2.24) is 5.32 Å². The van der Waals surface area contributed by atoms with Crippen molar-refractivity contribution >= 4 is 15.5 Å². The van der Waals surface area contributed by atoms with Crippen LogP contribution in [0, 0.1) is 16.0 Å². The number of hydrogen-bond acceptors (Lipinski definition) is 6. The normalized spacial score (nSPS) is 20.3. The lowest BCUT2D eigenvalue weighted by atomic mass is 10.1. The van der Waals surface area contributed by atoms with E-state index in [4.69, 9.17) is 4.74 Å². The van der Waals surface area contributed by atoms with Crippen molar-refractivity contribution in [3.8, 4) is 5.75 Å². The third-order valence-corrected chi connectivity index (χ3v) is 5.32. The zero-order valence-corrected chi connectivity index (χ0v) is 12.6. The topological polar surface area (TPSA) is 98.5 Å². The number of benzene rings is 1. The summed E-state index contributed by atoms with van der Waals surface area (Å²) in [7, 11) is -1.41. The second-order valence-electron chi connectivity index (χ2n) is 5.20. The van der Waals surface area contributed by atoms with E-state index in [2.05, 4.69) is 5.32 Å². The van der Waals surface area contributed by atoms with E-state index in [1.165, 1.54) is 19.2 Å². The number of sulfone groups is 1. The Bertz CT molecular complexity index is 629. The average molecular weight is 314 g/mol. The van der Waals surface area contributed by atoms with Crippen molar-refractivity contribution in [3.05, 3.63) is 33.9 Å². The number of rotatable bonds is 6. The summed E-state index contributed by atoms with van der Waals surface area (Å²) in [6.07, 6.45) is 0.674. The molecule has 2 rings (SSSR count). The minimum absolute atomic E-state index is 0.0189. The van der Waals surface area contributed by atoms with Crippen molar-refractivity contribution < 1.29 is 18.1 Å². The first-order valence-corrected chi connectivity index (χ1v) is 8.45. The summed E-state index contributed by atoms with van der Waals surface area (Å²) < 4.78 is 27.8. The maximum absolute atomic E-state index is 11.4. The highest BCUT2D eigenvalue weighted by atomic mass is 32.2. The van der Waals surface area contributed by atoms with Crippen LogP contribution < -0.4 is 10.1 Å². The summed E-state index contributed by atoms with van der Waals surface area (Å²) >= 11 is 0. The van der Waals surface area contributed by atoms with Crippen molar-refractivity contribution in [1.29, 1.82) is 0 Å². The van der Waals surface area contributed by atoms with Crippen LogP contribution >= 0.6 is 0 Å². The van der Waals surface area contributed by atoms with Crippen molar-refractivity contribution in [2.75, 3.05) is 25.2 Å². The Labute approximate surface area is 123 Å². The largest absolute Gasteiger partial charge is 0.496 e. The minimum Gasteiger partial charge on any atom is -0.496 e. The Morgan fingerprint density at radius 1 is 1.43 bits per heavy atom. The van der Waals surface area contributed by atoms with Gasteiger partial charge in [-0.1, -0.05) is 0 Å². The van der Waals surface area contributed by atoms with Gasteiger partial charge in [-0.05, 0) is 30.5 Å². The standard InChI is InChI=1S/C13H18N2O5S/c1-20-13-5-11(4-12(6-13)15(16)17)8-14-7-10-2-3-21(18,19)9-10/h4-6,10,14H,2-3,7-9H2,1H3. The maximum Gasteiger partial charge on any atom is 0.273 e. The zero-order chi connectivity index (χ0) is 15.5. The molecule has 0 aromatic heterocycles. The highest BCUT2D eigenvalue weighted by molar-refractivity contribution is 7.91. The Hall–Kier alpha value is -1.67. The van der Waals surface area contributed by atoms with Crippen LogP contribution in [0.1, 0.15) is 12.0 Å². The van der Waals surface area contributed by atoms with Crippen LogP contribution in [-0.2, 0) is 16.4 Å². The number of ether oxygens (including phenoxy) is 1. The molecule has 1 aliphatic heterocycles. The van der Waals surface area contributed by atoms with Gasteiger partial charge in [0.2, 0.25) is 0 Å². The van der Waals surface area contributed by atoms with Gasteiger partial charge in [-0.3, -0.25) is 10.1 Å². The van der Waals surface area contributed by atoms with Gasteiger partial charge in [-0.25, -0.2) is 8.42 Å². The predicted octanol–water partition coefficient (Wildman–Crippen LogP) is 1.13. The number of nitro benzene ring substituents is 1. The van der Waals surface area contributed by atoms with E-state index in [1.807, 2.05) is 0 Å². The van der Waals surface area contributed by atoms with Gasteiger partial charge in [-0.15, -0.1) is 0 Å². The van der Waals surface area contributed by atoms with E-state index in [-0.39, 0.29) is 23.1 Å². The number of nitrogens with zero attached hydrogens (tertiary/aromatic N) is 1. The van der Waals surface area contributed by atoms with E-state index >= 15 is 0 Å². The SMILES string of the molecule is COc1cc(CNCC2CCS(=O)(=O)C2)cc([N+](=O)[O-])c1. The van der Waals surface area contributed by atoms with E-state index in [9.17, 15) is 18.5 Å². The third-order valence-electron chi connectivity index (χ3n) is 3.49. The summed E-state index contributed by atoms with van der Waals surface area (Å²) in [6.45, 7) is 1.03. The fraction of sp³-hybridized carbons (Fsp3) is 0.538. The van der Waals surface area contributed by atoms with Gasteiger partial charge in [0.05, 0.1) is 29.6 Å². The molecule has 7 nitrogen and oxygen atoms in total. The van der Waals surface area contributed by atoms with Gasteiger partial charge in [0, 0.05) is 12.6 Å². The summed E-state index contributed by atoms with van der Waals surface area (Å²) in [5, 5.41) is 14.0. The molecule has 21 heavy (non-hydrogen) atoms. The van der Waals surface area contributed by atoms with Crippen LogP contribution in [0.5, 0.6) is 5.75 Å². The lowest BCUT2D eigenvalue weighted by molar-refractivity contribution is -0.385. The Morgan fingerprint density at radius 3 is 2.76 bits per heavy atom. The molecule has 1 aliphatic rings.